The summed E-state index contributed by atoms with van der Waals surface area (Å²) >= 11 is 1.56. The van der Waals surface area contributed by atoms with Crippen molar-refractivity contribution < 1.29 is 9.90 Å². The van der Waals surface area contributed by atoms with Crippen molar-refractivity contribution in [2.45, 2.75) is 31.8 Å². The van der Waals surface area contributed by atoms with Gasteiger partial charge in [-0.2, -0.15) is 16.1 Å². The highest BCUT2D eigenvalue weighted by Gasteiger charge is 2.26. The molecule has 1 N–H and O–H groups in total. The first-order valence-corrected chi connectivity index (χ1v) is 7.93. The average molecular weight is 307 g/mol. The molecule has 0 saturated carbocycles. The van der Waals surface area contributed by atoms with Gasteiger partial charge in [0.25, 0.3) is 0 Å². The van der Waals surface area contributed by atoms with Gasteiger partial charge >= 0.3 is 0 Å². The molecule has 1 atom stereocenters. The second kappa shape index (κ2) is 6.31. The third-order valence-electron chi connectivity index (χ3n) is 3.67. The summed E-state index contributed by atoms with van der Waals surface area (Å²) in [6, 6.07) is 1.84. The number of hydrogen-bond donors (Lipinski definition) is 1. The van der Waals surface area contributed by atoms with Crippen LogP contribution >= 0.6 is 11.3 Å². The molecule has 0 bridgehead atoms. The SMILES string of the molecule is O=C(Cn1nnc(-c2ccsc2)n1)N1CCCCC1CO. The summed E-state index contributed by atoms with van der Waals surface area (Å²) in [5.41, 5.74) is 0.907. The quantitative estimate of drug-likeness (QED) is 0.902. The normalized spacial score (nSPS) is 18.9. The van der Waals surface area contributed by atoms with Crippen LogP contribution in [0.15, 0.2) is 16.8 Å². The molecule has 7 nitrogen and oxygen atoms in total. The van der Waals surface area contributed by atoms with Gasteiger partial charge in [0, 0.05) is 17.5 Å². The molecule has 21 heavy (non-hydrogen) atoms. The minimum absolute atomic E-state index is 0.0106. The summed E-state index contributed by atoms with van der Waals surface area (Å²) in [5.74, 6) is 0.462. The maximum atomic E-state index is 12.3. The molecule has 1 aliphatic rings. The van der Waals surface area contributed by atoms with E-state index in [4.69, 9.17) is 0 Å². The lowest BCUT2D eigenvalue weighted by Crippen LogP contribution is -2.47. The van der Waals surface area contributed by atoms with Gasteiger partial charge in [-0.3, -0.25) is 4.79 Å². The number of aliphatic hydroxyl groups is 1. The molecule has 0 spiro atoms. The van der Waals surface area contributed by atoms with E-state index in [1.165, 1.54) is 4.80 Å². The fourth-order valence-electron chi connectivity index (χ4n) is 2.55. The lowest BCUT2D eigenvalue weighted by Gasteiger charge is -2.34. The third kappa shape index (κ3) is 3.11. The summed E-state index contributed by atoms with van der Waals surface area (Å²) < 4.78 is 0. The van der Waals surface area contributed by atoms with Crippen molar-refractivity contribution in [1.82, 2.24) is 25.1 Å². The second-order valence-electron chi connectivity index (χ2n) is 5.07. The standard InChI is InChI=1S/C13H17N5O2S/c19-8-11-3-1-2-5-17(11)12(20)7-18-15-13(14-16-18)10-4-6-21-9-10/h4,6,9,11,19H,1-3,5,7-8H2. The molecule has 1 amide bonds. The number of aromatic nitrogens is 4. The number of rotatable bonds is 4. The van der Waals surface area contributed by atoms with E-state index < -0.39 is 0 Å². The fraction of sp³-hybridized carbons (Fsp3) is 0.538. The number of tetrazole rings is 1. The Morgan fingerprint density at radius 3 is 3.14 bits per heavy atom. The summed E-state index contributed by atoms with van der Waals surface area (Å²) in [7, 11) is 0. The van der Waals surface area contributed by atoms with E-state index in [-0.39, 0.29) is 25.1 Å². The maximum absolute atomic E-state index is 12.3. The average Bonchev–Trinajstić information content (AvgIpc) is 3.17. The van der Waals surface area contributed by atoms with Crippen LogP contribution in [0.2, 0.25) is 0 Å². The van der Waals surface area contributed by atoms with E-state index in [9.17, 15) is 9.90 Å². The Bertz CT molecular complexity index is 597. The number of nitrogens with zero attached hydrogens (tertiary/aromatic N) is 5. The van der Waals surface area contributed by atoms with E-state index in [1.807, 2.05) is 16.8 Å². The van der Waals surface area contributed by atoms with E-state index in [0.717, 1.165) is 24.8 Å². The molecule has 1 unspecified atom stereocenters. The van der Waals surface area contributed by atoms with Crippen molar-refractivity contribution in [3.05, 3.63) is 16.8 Å². The van der Waals surface area contributed by atoms with Crippen LogP contribution in [0.5, 0.6) is 0 Å². The molecule has 8 heteroatoms. The molecule has 3 heterocycles. The van der Waals surface area contributed by atoms with E-state index in [1.54, 1.807) is 16.2 Å². The Morgan fingerprint density at radius 2 is 2.38 bits per heavy atom. The number of piperidine rings is 1. The zero-order chi connectivity index (χ0) is 14.7. The first kappa shape index (κ1) is 14.2. The Balaban J connectivity index is 1.67. The molecular formula is C13H17N5O2S. The van der Waals surface area contributed by atoms with Gasteiger partial charge in [0.15, 0.2) is 0 Å². The molecule has 0 aliphatic carbocycles. The zero-order valence-corrected chi connectivity index (χ0v) is 12.4. The second-order valence-corrected chi connectivity index (χ2v) is 5.85. The molecule has 112 valence electrons. The highest BCUT2D eigenvalue weighted by Crippen LogP contribution is 2.18. The predicted octanol–water partition coefficient (Wildman–Crippen LogP) is 0.775. The Labute approximate surface area is 126 Å². The zero-order valence-electron chi connectivity index (χ0n) is 11.6. The topological polar surface area (TPSA) is 84.1 Å². The van der Waals surface area contributed by atoms with Crippen LogP contribution in [0.25, 0.3) is 11.4 Å². The van der Waals surface area contributed by atoms with Crippen molar-refractivity contribution >= 4 is 17.2 Å². The van der Waals surface area contributed by atoms with Crippen LogP contribution in [0.3, 0.4) is 0 Å². The third-order valence-corrected chi connectivity index (χ3v) is 4.35. The minimum Gasteiger partial charge on any atom is -0.394 e. The van der Waals surface area contributed by atoms with Crippen LogP contribution < -0.4 is 0 Å². The highest BCUT2D eigenvalue weighted by molar-refractivity contribution is 7.08. The molecule has 3 rings (SSSR count). The van der Waals surface area contributed by atoms with Crippen LogP contribution in [-0.4, -0.2) is 55.3 Å². The number of hydrogen-bond acceptors (Lipinski definition) is 6. The van der Waals surface area contributed by atoms with Gasteiger partial charge in [0.2, 0.25) is 11.7 Å². The number of aliphatic hydroxyl groups excluding tert-OH is 1. The first-order valence-electron chi connectivity index (χ1n) is 6.98. The number of carbonyl (C=O) groups is 1. The molecular weight excluding hydrogens is 290 g/mol. The maximum Gasteiger partial charge on any atom is 0.246 e. The Morgan fingerprint density at radius 1 is 1.48 bits per heavy atom. The molecule has 1 fully saturated rings. The summed E-state index contributed by atoms with van der Waals surface area (Å²) in [5, 5.41) is 25.4. The van der Waals surface area contributed by atoms with Crippen molar-refractivity contribution in [3.8, 4) is 11.4 Å². The number of amides is 1. The largest absolute Gasteiger partial charge is 0.394 e. The van der Waals surface area contributed by atoms with Gasteiger partial charge in [-0.15, -0.1) is 10.2 Å². The van der Waals surface area contributed by atoms with Gasteiger partial charge in [0.1, 0.15) is 6.54 Å². The van der Waals surface area contributed by atoms with Crippen LogP contribution in [0, 0.1) is 0 Å². The van der Waals surface area contributed by atoms with Gasteiger partial charge in [-0.1, -0.05) is 0 Å². The first-order chi connectivity index (χ1) is 10.3. The van der Waals surface area contributed by atoms with Crippen LogP contribution in [0.4, 0.5) is 0 Å². The van der Waals surface area contributed by atoms with Crippen LogP contribution in [-0.2, 0) is 11.3 Å². The van der Waals surface area contributed by atoms with Gasteiger partial charge < -0.3 is 10.0 Å². The molecule has 2 aromatic rings. The van der Waals surface area contributed by atoms with Crippen molar-refractivity contribution in [1.29, 1.82) is 0 Å². The molecule has 1 aliphatic heterocycles. The predicted molar refractivity (Wildman–Crippen MR) is 77.6 cm³/mol. The van der Waals surface area contributed by atoms with E-state index >= 15 is 0 Å². The summed E-state index contributed by atoms with van der Waals surface area (Å²) in [6.07, 6.45) is 2.89. The monoisotopic (exact) mass is 307 g/mol. The Kier molecular flexibility index (Phi) is 4.26. The van der Waals surface area contributed by atoms with Crippen molar-refractivity contribution in [3.63, 3.8) is 0 Å². The van der Waals surface area contributed by atoms with Gasteiger partial charge in [-0.05, 0) is 35.9 Å². The van der Waals surface area contributed by atoms with Crippen molar-refractivity contribution in [2.24, 2.45) is 0 Å². The molecule has 0 aromatic carbocycles. The smallest absolute Gasteiger partial charge is 0.246 e. The summed E-state index contributed by atoms with van der Waals surface area (Å²) in [6.45, 7) is 0.764. The van der Waals surface area contributed by atoms with E-state index in [0.29, 0.717) is 12.4 Å². The van der Waals surface area contributed by atoms with Gasteiger partial charge in [-0.25, -0.2) is 0 Å². The van der Waals surface area contributed by atoms with Gasteiger partial charge in [0.05, 0.1) is 12.6 Å². The van der Waals surface area contributed by atoms with Crippen molar-refractivity contribution in [2.75, 3.05) is 13.2 Å². The molecule has 1 saturated heterocycles. The fourth-order valence-corrected chi connectivity index (χ4v) is 3.18. The Hall–Kier alpha value is -1.80. The minimum atomic E-state index is -0.0777. The lowest BCUT2D eigenvalue weighted by atomic mass is 10.0. The number of likely N-dealkylation sites (tertiary alicyclic amines) is 1. The van der Waals surface area contributed by atoms with E-state index in [2.05, 4.69) is 15.4 Å². The van der Waals surface area contributed by atoms with Crippen LogP contribution in [0.1, 0.15) is 19.3 Å². The molecule has 0 radical (unpaired) electrons. The number of carbonyl (C=O) groups excluding carboxylic acids is 1. The number of thiophene rings is 1. The summed E-state index contributed by atoms with van der Waals surface area (Å²) in [4.78, 5) is 15.4. The molecule has 2 aromatic heterocycles. The lowest BCUT2D eigenvalue weighted by molar-refractivity contribution is -0.137. The highest BCUT2D eigenvalue weighted by atomic mass is 32.1.